The molecule has 3 rings (SSSR count). The number of hydrogen-bond donors (Lipinski definition) is 0. The Balaban J connectivity index is 2.07. The second-order valence-electron chi connectivity index (χ2n) is 5.13. The first-order chi connectivity index (χ1) is 9.63. The van der Waals surface area contributed by atoms with Crippen molar-refractivity contribution in [2.24, 2.45) is 0 Å². The number of aryl methyl sites for hydroxylation is 3. The number of pyridine rings is 1. The van der Waals surface area contributed by atoms with Gasteiger partial charge in [-0.25, -0.2) is 0 Å². The molecule has 0 radical (unpaired) electrons. The lowest BCUT2D eigenvalue weighted by Gasteiger charge is -2.11. The normalized spacial score (nSPS) is 10.8. The van der Waals surface area contributed by atoms with Crippen molar-refractivity contribution in [3.63, 3.8) is 0 Å². The fourth-order valence-corrected chi connectivity index (χ4v) is 2.26. The van der Waals surface area contributed by atoms with Gasteiger partial charge in [0, 0.05) is 17.1 Å². The zero-order chi connectivity index (χ0) is 14.1. The van der Waals surface area contributed by atoms with Crippen molar-refractivity contribution >= 4 is 10.9 Å². The minimum Gasteiger partial charge on any atom is -0.457 e. The van der Waals surface area contributed by atoms with Gasteiger partial charge in [-0.2, -0.15) is 0 Å². The standard InChI is InChI=1S/C18H17NO/c1-12-8-9-15(10-13(12)2)20-18-11-14(3)19-17-7-5-4-6-16(17)18/h4-11H,1-3H3. The summed E-state index contributed by atoms with van der Waals surface area (Å²) in [6.07, 6.45) is 0. The maximum atomic E-state index is 6.07. The molecule has 1 aromatic heterocycles. The summed E-state index contributed by atoms with van der Waals surface area (Å²) in [5, 5.41) is 1.04. The predicted molar refractivity (Wildman–Crippen MR) is 82.5 cm³/mol. The highest BCUT2D eigenvalue weighted by Crippen LogP contribution is 2.30. The van der Waals surface area contributed by atoms with Crippen molar-refractivity contribution in [1.82, 2.24) is 4.98 Å². The summed E-state index contributed by atoms with van der Waals surface area (Å²) in [5.74, 6) is 1.72. The minimum atomic E-state index is 0.858. The van der Waals surface area contributed by atoms with Crippen molar-refractivity contribution in [1.29, 1.82) is 0 Å². The Labute approximate surface area is 119 Å². The zero-order valence-electron chi connectivity index (χ0n) is 12.0. The van der Waals surface area contributed by atoms with Gasteiger partial charge in [-0.1, -0.05) is 18.2 Å². The van der Waals surface area contributed by atoms with E-state index >= 15 is 0 Å². The summed E-state index contributed by atoms with van der Waals surface area (Å²) in [6, 6.07) is 16.2. The van der Waals surface area contributed by atoms with Crippen LogP contribution in [0.15, 0.2) is 48.5 Å². The monoisotopic (exact) mass is 263 g/mol. The molecule has 0 saturated heterocycles. The van der Waals surface area contributed by atoms with Crippen LogP contribution in [0.25, 0.3) is 10.9 Å². The SMILES string of the molecule is Cc1cc(Oc2ccc(C)c(C)c2)c2ccccc2n1. The Bertz CT molecular complexity index is 777. The van der Waals surface area contributed by atoms with Crippen LogP contribution < -0.4 is 4.74 Å². The summed E-state index contributed by atoms with van der Waals surface area (Å²) in [4.78, 5) is 4.53. The van der Waals surface area contributed by atoms with Crippen LogP contribution in [0, 0.1) is 20.8 Å². The van der Waals surface area contributed by atoms with Gasteiger partial charge in [0.15, 0.2) is 0 Å². The average Bonchev–Trinajstić information content (AvgIpc) is 2.43. The van der Waals surface area contributed by atoms with Gasteiger partial charge >= 0.3 is 0 Å². The van der Waals surface area contributed by atoms with Gasteiger partial charge in [0.2, 0.25) is 0 Å². The molecule has 1 heterocycles. The first-order valence-corrected chi connectivity index (χ1v) is 6.75. The lowest BCUT2D eigenvalue weighted by molar-refractivity contribution is 0.487. The van der Waals surface area contributed by atoms with Crippen molar-refractivity contribution in [2.75, 3.05) is 0 Å². The van der Waals surface area contributed by atoms with Gasteiger partial charge in [0.25, 0.3) is 0 Å². The van der Waals surface area contributed by atoms with E-state index in [-0.39, 0.29) is 0 Å². The van der Waals surface area contributed by atoms with E-state index in [9.17, 15) is 0 Å². The largest absolute Gasteiger partial charge is 0.457 e. The van der Waals surface area contributed by atoms with Gasteiger partial charge in [-0.05, 0) is 56.2 Å². The topological polar surface area (TPSA) is 22.1 Å². The van der Waals surface area contributed by atoms with E-state index in [2.05, 4.69) is 31.0 Å². The second kappa shape index (κ2) is 4.97. The molecule has 3 aromatic rings. The Morgan fingerprint density at radius 1 is 0.850 bits per heavy atom. The number of rotatable bonds is 2. The molecule has 2 aromatic carbocycles. The molecule has 0 N–H and O–H groups in total. The van der Waals surface area contributed by atoms with E-state index in [4.69, 9.17) is 4.74 Å². The summed E-state index contributed by atoms with van der Waals surface area (Å²) < 4.78 is 6.07. The third-order valence-corrected chi connectivity index (χ3v) is 3.51. The van der Waals surface area contributed by atoms with Gasteiger partial charge in [-0.15, -0.1) is 0 Å². The van der Waals surface area contributed by atoms with Gasteiger partial charge in [0.05, 0.1) is 5.52 Å². The van der Waals surface area contributed by atoms with Gasteiger partial charge in [-0.3, -0.25) is 4.98 Å². The molecule has 0 spiro atoms. The van der Waals surface area contributed by atoms with Crippen molar-refractivity contribution in [2.45, 2.75) is 20.8 Å². The predicted octanol–water partition coefficient (Wildman–Crippen LogP) is 4.95. The molecule has 2 heteroatoms. The maximum Gasteiger partial charge on any atom is 0.138 e. The molecule has 0 unspecified atom stereocenters. The molecule has 2 nitrogen and oxygen atoms in total. The van der Waals surface area contributed by atoms with E-state index in [1.807, 2.05) is 43.3 Å². The molecule has 0 aliphatic rings. The number of aromatic nitrogens is 1. The number of ether oxygens (including phenoxy) is 1. The Morgan fingerprint density at radius 2 is 1.65 bits per heavy atom. The van der Waals surface area contributed by atoms with E-state index in [0.29, 0.717) is 0 Å². The lowest BCUT2D eigenvalue weighted by Crippen LogP contribution is -1.91. The van der Waals surface area contributed by atoms with Crippen LogP contribution in [-0.4, -0.2) is 4.98 Å². The van der Waals surface area contributed by atoms with Gasteiger partial charge < -0.3 is 4.74 Å². The molecule has 100 valence electrons. The third kappa shape index (κ3) is 2.37. The van der Waals surface area contributed by atoms with Crippen LogP contribution in [0.2, 0.25) is 0 Å². The molecule has 0 aliphatic carbocycles. The molecule has 0 bridgehead atoms. The fraction of sp³-hybridized carbons (Fsp3) is 0.167. The minimum absolute atomic E-state index is 0.858. The van der Waals surface area contributed by atoms with Crippen LogP contribution in [0.1, 0.15) is 16.8 Å². The van der Waals surface area contributed by atoms with E-state index in [0.717, 1.165) is 28.1 Å². The van der Waals surface area contributed by atoms with E-state index in [1.165, 1.54) is 11.1 Å². The molecule has 0 amide bonds. The van der Waals surface area contributed by atoms with Crippen LogP contribution in [0.3, 0.4) is 0 Å². The number of benzene rings is 2. The van der Waals surface area contributed by atoms with E-state index < -0.39 is 0 Å². The fourth-order valence-electron chi connectivity index (χ4n) is 2.26. The smallest absolute Gasteiger partial charge is 0.138 e. The van der Waals surface area contributed by atoms with Crippen LogP contribution in [0.4, 0.5) is 0 Å². The third-order valence-electron chi connectivity index (χ3n) is 3.51. The van der Waals surface area contributed by atoms with Crippen LogP contribution >= 0.6 is 0 Å². The molecular weight excluding hydrogens is 246 g/mol. The first-order valence-electron chi connectivity index (χ1n) is 6.75. The van der Waals surface area contributed by atoms with Crippen molar-refractivity contribution in [3.8, 4) is 11.5 Å². The van der Waals surface area contributed by atoms with Crippen LogP contribution in [-0.2, 0) is 0 Å². The maximum absolute atomic E-state index is 6.07. The first kappa shape index (κ1) is 12.7. The molecular formula is C18H17NO. The molecule has 0 saturated carbocycles. The highest BCUT2D eigenvalue weighted by atomic mass is 16.5. The summed E-state index contributed by atoms with van der Waals surface area (Å²) in [7, 11) is 0. The molecule has 0 fully saturated rings. The Morgan fingerprint density at radius 3 is 2.45 bits per heavy atom. The zero-order valence-corrected chi connectivity index (χ0v) is 12.0. The molecule has 20 heavy (non-hydrogen) atoms. The van der Waals surface area contributed by atoms with Gasteiger partial charge in [0.1, 0.15) is 11.5 Å². The highest BCUT2D eigenvalue weighted by Gasteiger charge is 2.06. The summed E-state index contributed by atoms with van der Waals surface area (Å²) in [6.45, 7) is 6.18. The summed E-state index contributed by atoms with van der Waals surface area (Å²) in [5.41, 5.74) is 4.43. The number of nitrogens with zero attached hydrogens (tertiary/aromatic N) is 1. The molecule has 0 atom stereocenters. The van der Waals surface area contributed by atoms with Crippen LogP contribution in [0.5, 0.6) is 11.5 Å². The number of fused-ring (bicyclic) bond motifs is 1. The Kier molecular flexibility index (Phi) is 3.15. The summed E-state index contributed by atoms with van der Waals surface area (Å²) >= 11 is 0. The highest BCUT2D eigenvalue weighted by molar-refractivity contribution is 5.85. The second-order valence-corrected chi connectivity index (χ2v) is 5.13. The average molecular weight is 263 g/mol. The number of para-hydroxylation sites is 1. The van der Waals surface area contributed by atoms with E-state index in [1.54, 1.807) is 0 Å². The lowest BCUT2D eigenvalue weighted by atomic mass is 10.1. The molecule has 0 aliphatic heterocycles. The van der Waals surface area contributed by atoms with Crippen molar-refractivity contribution in [3.05, 3.63) is 65.4 Å². The number of hydrogen-bond acceptors (Lipinski definition) is 2. The quantitative estimate of drug-likeness (QED) is 0.652. The Hall–Kier alpha value is -2.35. The van der Waals surface area contributed by atoms with Crippen molar-refractivity contribution < 1.29 is 4.74 Å².